The van der Waals surface area contributed by atoms with E-state index < -0.39 is 0 Å². The van der Waals surface area contributed by atoms with Gasteiger partial charge in [-0.25, -0.2) is 0 Å². The molecule has 1 saturated heterocycles. The largest absolute Gasteiger partial charge is 0.398 e. The van der Waals surface area contributed by atoms with Crippen molar-refractivity contribution in [1.29, 1.82) is 0 Å². The van der Waals surface area contributed by atoms with Crippen LogP contribution in [0, 0.1) is 5.92 Å². The molecule has 2 heterocycles. The summed E-state index contributed by atoms with van der Waals surface area (Å²) in [7, 11) is 0. The van der Waals surface area contributed by atoms with Gasteiger partial charge in [-0.2, -0.15) is 0 Å². The van der Waals surface area contributed by atoms with Gasteiger partial charge < -0.3 is 15.7 Å². The number of nitrogens with zero attached hydrogens (tertiary/aromatic N) is 2. The zero-order valence-electron chi connectivity index (χ0n) is 11.1. The molecule has 19 heavy (non-hydrogen) atoms. The number of hydrogen-bond donors (Lipinski definition) is 2. The third-order valence-corrected chi connectivity index (χ3v) is 3.98. The normalized spacial score (nSPS) is 23.8. The topological polar surface area (TPSA) is 62.4 Å². The Balaban J connectivity index is 2.04. The summed E-state index contributed by atoms with van der Waals surface area (Å²) in [5.74, 6) is 0.282. The molecule has 4 heteroatoms. The molecule has 4 nitrogen and oxygen atoms in total. The van der Waals surface area contributed by atoms with Crippen molar-refractivity contribution in [2.75, 3.05) is 23.7 Å². The molecule has 2 aromatic rings. The van der Waals surface area contributed by atoms with Gasteiger partial charge in [0.05, 0.1) is 17.3 Å². The maximum atomic E-state index is 9.84. The van der Waals surface area contributed by atoms with Crippen molar-refractivity contribution in [3.05, 3.63) is 30.5 Å². The Hall–Kier alpha value is -1.81. The molecule has 1 aliphatic rings. The lowest BCUT2D eigenvalue weighted by Gasteiger charge is -2.36. The molecule has 0 amide bonds. The standard InChI is InChI=1S/C15H19N3O/c1-10-9-18(8-6-14(10)19)13-5-4-12(16)11-3-2-7-17-15(11)13/h2-5,7,10,14,19H,6,8-9,16H2,1H3. The van der Waals surface area contributed by atoms with E-state index >= 15 is 0 Å². The number of aliphatic hydroxyl groups excluding tert-OH is 1. The molecule has 1 fully saturated rings. The molecule has 3 N–H and O–H groups in total. The maximum absolute atomic E-state index is 9.84. The van der Waals surface area contributed by atoms with Crippen molar-refractivity contribution in [2.45, 2.75) is 19.4 Å². The van der Waals surface area contributed by atoms with E-state index in [2.05, 4.69) is 16.8 Å². The number of nitrogens with two attached hydrogens (primary N) is 1. The van der Waals surface area contributed by atoms with Crippen LogP contribution < -0.4 is 10.6 Å². The maximum Gasteiger partial charge on any atom is 0.0955 e. The molecule has 0 spiro atoms. The number of rotatable bonds is 1. The first-order chi connectivity index (χ1) is 9.16. The first kappa shape index (κ1) is 12.2. The number of hydrogen-bond acceptors (Lipinski definition) is 4. The van der Waals surface area contributed by atoms with E-state index in [4.69, 9.17) is 5.73 Å². The quantitative estimate of drug-likeness (QED) is 0.767. The summed E-state index contributed by atoms with van der Waals surface area (Å²) in [5.41, 5.74) is 8.83. The van der Waals surface area contributed by atoms with Crippen molar-refractivity contribution < 1.29 is 5.11 Å². The molecule has 1 aromatic carbocycles. The fraction of sp³-hybridized carbons (Fsp3) is 0.400. The van der Waals surface area contributed by atoms with Gasteiger partial charge in [0.15, 0.2) is 0 Å². The minimum atomic E-state index is -0.191. The van der Waals surface area contributed by atoms with Crippen molar-refractivity contribution in [1.82, 2.24) is 4.98 Å². The number of pyridine rings is 1. The molecule has 1 aromatic heterocycles. The van der Waals surface area contributed by atoms with Crippen LogP contribution in [0.15, 0.2) is 30.5 Å². The van der Waals surface area contributed by atoms with Crippen LogP contribution in [-0.4, -0.2) is 29.3 Å². The summed E-state index contributed by atoms with van der Waals surface area (Å²) in [4.78, 5) is 6.77. The summed E-state index contributed by atoms with van der Waals surface area (Å²) >= 11 is 0. The molecule has 0 bridgehead atoms. The number of nitrogen functional groups attached to an aromatic ring is 1. The fourth-order valence-corrected chi connectivity index (χ4v) is 2.79. The Kier molecular flexibility index (Phi) is 3.03. The second-order valence-corrected chi connectivity index (χ2v) is 5.35. The van der Waals surface area contributed by atoms with Crippen LogP contribution in [0.3, 0.4) is 0 Å². The first-order valence-corrected chi connectivity index (χ1v) is 6.73. The van der Waals surface area contributed by atoms with Crippen LogP contribution in [0.5, 0.6) is 0 Å². The van der Waals surface area contributed by atoms with Gasteiger partial charge in [-0.1, -0.05) is 6.92 Å². The highest BCUT2D eigenvalue weighted by Gasteiger charge is 2.25. The van der Waals surface area contributed by atoms with E-state index in [1.807, 2.05) is 24.3 Å². The third-order valence-electron chi connectivity index (χ3n) is 3.98. The average Bonchev–Trinajstić information content (AvgIpc) is 2.43. The Bertz CT molecular complexity index is 599. The molecular formula is C15H19N3O. The summed E-state index contributed by atoms with van der Waals surface area (Å²) in [6.07, 6.45) is 2.41. The van der Waals surface area contributed by atoms with Crippen LogP contribution >= 0.6 is 0 Å². The Morgan fingerprint density at radius 1 is 1.37 bits per heavy atom. The number of benzene rings is 1. The molecule has 0 radical (unpaired) electrons. The number of piperidine rings is 1. The van der Waals surface area contributed by atoms with Gasteiger partial charge in [0.25, 0.3) is 0 Å². The van der Waals surface area contributed by atoms with E-state index in [1.54, 1.807) is 6.20 Å². The minimum Gasteiger partial charge on any atom is -0.398 e. The summed E-state index contributed by atoms with van der Waals surface area (Å²) in [6, 6.07) is 7.89. The lowest BCUT2D eigenvalue weighted by atomic mass is 9.96. The number of anilines is 2. The van der Waals surface area contributed by atoms with Gasteiger partial charge in [-0.05, 0) is 36.6 Å². The van der Waals surface area contributed by atoms with E-state index in [1.165, 1.54) is 0 Å². The van der Waals surface area contributed by atoms with E-state index in [0.29, 0.717) is 0 Å². The van der Waals surface area contributed by atoms with Crippen LogP contribution in [0.2, 0.25) is 0 Å². The monoisotopic (exact) mass is 257 g/mol. The predicted octanol–water partition coefficient (Wildman–Crippen LogP) is 2.02. The Labute approximate surface area is 112 Å². The molecule has 0 saturated carbocycles. The van der Waals surface area contributed by atoms with Gasteiger partial charge in [0.2, 0.25) is 0 Å². The zero-order valence-corrected chi connectivity index (χ0v) is 11.1. The Morgan fingerprint density at radius 2 is 2.21 bits per heavy atom. The number of aromatic nitrogens is 1. The smallest absolute Gasteiger partial charge is 0.0955 e. The van der Waals surface area contributed by atoms with Crippen LogP contribution in [0.1, 0.15) is 13.3 Å². The van der Waals surface area contributed by atoms with Crippen molar-refractivity contribution in [3.8, 4) is 0 Å². The lowest BCUT2D eigenvalue weighted by molar-refractivity contribution is 0.0971. The molecule has 0 aliphatic carbocycles. The lowest BCUT2D eigenvalue weighted by Crippen LogP contribution is -2.42. The van der Waals surface area contributed by atoms with Gasteiger partial charge >= 0.3 is 0 Å². The van der Waals surface area contributed by atoms with Crippen molar-refractivity contribution >= 4 is 22.3 Å². The highest BCUT2D eigenvalue weighted by atomic mass is 16.3. The fourth-order valence-electron chi connectivity index (χ4n) is 2.79. The van der Waals surface area contributed by atoms with E-state index in [9.17, 15) is 5.11 Å². The van der Waals surface area contributed by atoms with E-state index in [0.717, 1.165) is 41.8 Å². The molecule has 2 unspecified atom stereocenters. The highest BCUT2D eigenvalue weighted by Crippen LogP contribution is 2.31. The summed E-state index contributed by atoms with van der Waals surface area (Å²) in [5, 5.41) is 10.8. The van der Waals surface area contributed by atoms with Gasteiger partial charge in [-0.15, -0.1) is 0 Å². The second kappa shape index (κ2) is 4.70. The van der Waals surface area contributed by atoms with Crippen molar-refractivity contribution in [3.63, 3.8) is 0 Å². The molecule has 1 aliphatic heterocycles. The van der Waals surface area contributed by atoms with Gasteiger partial charge in [0, 0.05) is 30.4 Å². The molecule has 2 atom stereocenters. The van der Waals surface area contributed by atoms with E-state index in [-0.39, 0.29) is 12.0 Å². The average molecular weight is 257 g/mol. The minimum absolute atomic E-state index is 0.191. The molecule has 3 rings (SSSR count). The first-order valence-electron chi connectivity index (χ1n) is 6.73. The summed E-state index contributed by atoms with van der Waals surface area (Å²) < 4.78 is 0. The van der Waals surface area contributed by atoms with Crippen LogP contribution in [0.25, 0.3) is 10.9 Å². The third kappa shape index (κ3) is 2.12. The molecular weight excluding hydrogens is 238 g/mol. The second-order valence-electron chi connectivity index (χ2n) is 5.35. The highest BCUT2D eigenvalue weighted by molar-refractivity contribution is 5.98. The van der Waals surface area contributed by atoms with Crippen LogP contribution in [-0.2, 0) is 0 Å². The van der Waals surface area contributed by atoms with Gasteiger partial charge in [0.1, 0.15) is 0 Å². The zero-order chi connectivity index (χ0) is 13.4. The number of aliphatic hydroxyl groups is 1. The van der Waals surface area contributed by atoms with Crippen molar-refractivity contribution in [2.24, 2.45) is 5.92 Å². The SMILES string of the molecule is CC1CN(c2ccc(N)c3cccnc23)CCC1O. The molecule has 100 valence electrons. The van der Waals surface area contributed by atoms with Gasteiger partial charge in [-0.3, -0.25) is 4.98 Å². The van der Waals surface area contributed by atoms with Crippen LogP contribution in [0.4, 0.5) is 11.4 Å². The Morgan fingerprint density at radius 3 is 3.00 bits per heavy atom. The predicted molar refractivity (Wildman–Crippen MR) is 78.2 cm³/mol. The summed E-state index contributed by atoms with van der Waals surface area (Å²) in [6.45, 7) is 3.81. The number of fused-ring (bicyclic) bond motifs is 1.